The molecule has 0 aromatic heterocycles. The first kappa shape index (κ1) is 11.5. The molecule has 0 saturated heterocycles. The van der Waals surface area contributed by atoms with Crippen LogP contribution < -0.4 is 0 Å². The highest BCUT2D eigenvalue weighted by Gasteiger charge is 2.28. The summed E-state index contributed by atoms with van der Waals surface area (Å²) in [5.74, 6) is 0.370. The second kappa shape index (κ2) is 4.25. The van der Waals surface area contributed by atoms with E-state index >= 15 is 0 Å². The number of benzene rings is 2. The molecule has 1 aliphatic carbocycles. The number of hydrogen-bond donors (Lipinski definition) is 0. The van der Waals surface area contributed by atoms with E-state index < -0.39 is 0 Å². The molecule has 2 aromatic carbocycles. The van der Waals surface area contributed by atoms with Gasteiger partial charge in [-0.2, -0.15) is 0 Å². The minimum Gasteiger partial charge on any atom is -0.294 e. The van der Waals surface area contributed by atoms with Crippen molar-refractivity contribution in [2.24, 2.45) is 5.92 Å². The van der Waals surface area contributed by atoms with E-state index in [1.807, 2.05) is 43.3 Å². The van der Waals surface area contributed by atoms with Crippen LogP contribution in [0.5, 0.6) is 0 Å². The van der Waals surface area contributed by atoms with E-state index in [1.165, 1.54) is 5.56 Å². The molecule has 0 spiro atoms. The Kier molecular flexibility index (Phi) is 2.71. The first-order valence-corrected chi connectivity index (χ1v) is 6.46. The van der Waals surface area contributed by atoms with Crippen LogP contribution in [0.25, 0.3) is 11.1 Å². The van der Waals surface area contributed by atoms with E-state index in [2.05, 4.69) is 6.07 Å². The fourth-order valence-corrected chi connectivity index (χ4v) is 2.73. The summed E-state index contributed by atoms with van der Waals surface area (Å²) in [5, 5.41) is 0.732. The van der Waals surface area contributed by atoms with Gasteiger partial charge in [-0.25, -0.2) is 0 Å². The molecule has 0 saturated carbocycles. The van der Waals surface area contributed by atoms with Crippen LogP contribution in [-0.4, -0.2) is 5.78 Å². The fraction of sp³-hybridized carbons (Fsp3) is 0.188. The number of rotatable bonds is 1. The van der Waals surface area contributed by atoms with E-state index in [-0.39, 0.29) is 11.7 Å². The van der Waals surface area contributed by atoms with Crippen molar-refractivity contribution >= 4 is 17.4 Å². The van der Waals surface area contributed by atoms with Crippen LogP contribution in [0.3, 0.4) is 0 Å². The number of halogens is 1. The molecule has 1 atom stereocenters. The van der Waals surface area contributed by atoms with Crippen molar-refractivity contribution in [2.45, 2.75) is 13.3 Å². The molecule has 0 fully saturated rings. The molecular formula is C16H13ClO. The van der Waals surface area contributed by atoms with Crippen molar-refractivity contribution in [2.75, 3.05) is 0 Å². The van der Waals surface area contributed by atoms with Gasteiger partial charge in [0.1, 0.15) is 0 Å². The second-order valence-corrected chi connectivity index (χ2v) is 5.24. The Balaban J connectivity index is 2.15. The van der Waals surface area contributed by atoms with Crippen LogP contribution >= 0.6 is 11.6 Å². The predicted octanol–water partition coefficient (Wildman–Crippen LogP) is 4.38. The molecule has 0 amide bonds. The lowest BCUT2D eigenvalue weighted by Gasteiger charge is -2.08. The van der Waals surface area contributed by atoms with Gasteiger partial charge in [-0.3, -0.25) is 4.79 Å². The highest BCUT2D eigenvalue weighted by Crippen LogP contribution is 2.35. The Morgan fingerprint density at radius 3 is 2.44 bits per heavy atom. The van der Waals surface area contributed by atoms with Gasteiger partial charge in [0.25, 0.3) is 0 Å². The first-order chi connectivity index (χ1) is 8.66. The molecule has 1 unspecified atom stereocenters. The van der Waals surface area contributed by atoms with Gasteiger partial charge in [0, 0.05) is 16.5 Å². The SMILES string of the molecule is CC1Cc2c(cccc2-c2ccc(Cl)cc2)C1=O. The Bertz CT molecular complexity index is 613. The van der Waals surface area contributed by atoms with E-state index in [0.717, 1.165) is 28.1 Å². The summed E-state index contributed by atoms with van der Waals surface area (Å²) in [6.07, 6.45) is 0.840. The Labute approximate surface area is 111 Å². The molecule has 18 heavy (non-hydrogen) atoms. The number of ketones is 1. The lowest BCUT2D eigenvalue weighted by molar-refractivity contribution is 0.0946. The lowest BCUT2D eigenvalue weighted by atomic mass is 9.97. The smallest absolute Gasteiger partial charge is 0.166 e. The average molecular weight is 257 g/mol. The van der Waals surface area contributed by atoms with E-state index in [9.17, 15) is 4.79 Å². The quantitative estimate of drug-likeness (QED) is 0.740. The molecule has 3 rings (SSSR count). The fourth-order valence-electron chi connectivity index (χ4n) is 2.60. The molecule has 0 bridgehead atoms. The third kappa shape index (κ3) is 1.75. The topological polar surface area (TPSA) is 17.1 Å². The van der Waals surface area contributed by atoms with Gasteiger partial charge in [0.2, 0.25) is 0 Å². The molecule has 0 aliphatic heterocycles. The largest absolute Gasteiger partial charge is 0.294 e. The summed E-state index contributed by atoms with van der Waals surface area (Å²) in [5.41, 5.74) is 4.34. The number of hydrogen-bond acceptors (Lipinski definition) is 1. The van der Waals surface area contributed by atoms with Crippen LogP contribution in [0.15, 0.2) is 42.5 Å². The van der Waals surface area contributed by atoms with E-state index in [4.69, 9.17) is 11.6 Å². The zero-order valence-electron chi connectivity index (χ0n) is 10.1. The Morgan fingerprint density at radius 2 is 1.72 bits per heavy atom. The van der Waals surface area contributed by atoms with Gasteiger partial charge in [-0.1, -0.05) is 48.9 Å². The molecule has 2 aromatic rings. The van der Waals surface area contributed by atoms with Crippen LogP contribution in [0, 0.1) is 5.92 Å². The maximum atomic E-state index is 12.0. The summed E-state index contributed by atoms with van der Waals surface area (Å²) in [6, 6.07) is 13.7. The second-order valence-electron chi connectivity index (χ2n) is 4.81. The number of carbonyl (C=O) groups excluding carboxylic acids is 1. The van der Waals surface area contributed by atoms with E-state index in [1.54, 1.807) is 0 Å². The Morgan fingerprint density at radius 1 is 1.06 bits per heavy atom. The summed E-state index contributed by atoms with van der Waals surface area (Å²) in [6.45, 7) is 1.99. The van der Waals surface area contributed by atoms with Gasteiger partial charge < -0.3 is 0 Å². The van der Waals surface area contributed by atoms with Crippen LogP contribution in [0.2, 0.25) is 5.02 Å². The summed E-state index contributed by atoms with van der Waals surface area (Å²) < 4.78 is 0. The van der Waals surface area contributed by atoms with Gasteiger partial charge >= 0.3 is 0 Å². The highest BCUT2D eigenvalue weighted by molar-refractivity contribution is 6.30. The number of carbonyl (C=O) groups is 1. The number of fused-ring (bicyclic) bond motifs is 1. The third-order valence-electron chi connectivity index (χ3n) is 3.55. The zero-order valence-corrected chi connectivity index (χ0v) is 10.9. The summed E-state index contributed by atoms with van der Waals surface area (Å²) >= 11 is 5.91. The molecule has 0 heterocycles. The third-order valence-corrected chi connectivity index (χ3v) is 3.81. The molecule has 1 nitrogen and oxygen atoms in total. The van der Waals surface area contributed by atoms with Crippen molar-refractivity contribution < 1.29 is 4.79 Å². The molecule has 90 valence electrons. The minimum atomic E-state index is 0.105. The van der Waals surface area contributed by atoms with Gasteiger partial charge in [-0.05, 0) is 35.2 Å². The number of Topliss-reactive ketones (excluding diaryl/α,β-unsaturated/α-hetero) is 1. The van der Waals surface area contributed by atoms with E-state index in [0.29, 0.717) is 0 Å². The predicted molar refractivity (Wildman–Crippen MR) is 74.1 cm³/mol. The molecule has 2 heteroatoms. The lowest BCUT2D eigenvalue weighted by Crippen LogP contribution is -2.02. The Hall–Kier alpha value is -1.60. The minimum absolute atomic E-state index is 0.105. The summed E-state index contributed by atoms with van der Waals surface area (Å²) in [7, 11) is 0. The van der Waals surface area contributed by atoms with Gasteiger partial charge in [-0.15, -0.1) is 0 Å². The van der Waals surface area contributed by atoms with Crippen LogP contribution in [0.1, 0.15) is 22.8 Å². The maximum Gasteiger partial charge on any atom is 0.166 e. The average Bonchev–Trinajstić information content (AvgIpc) is 2.67. The van der Waals surface area contributed by atoms with Crippen molar-refractivity contribution in [3.05, 3.63) is 58.6 Å². The molecule has 0 radical (unpaired) electrons. The normalized spacial score (nSPS) is 17.9. The van der Waals surface area contributed by atoms with Gasteiger partial charge in [0.05, 0.1) is 0 Å². The molecule has 1 aliphatic rings. The van der Waals surface area contributed by atoms with Gasteiger partial charge in [0.15, 0.2) is 5.78 Å². The van der Waals surface area contributed by atoms with Crippen LogP contribution in [-0.2, 0) is 6.42 Å². The van der Waals surface area contributed by atoms with Crippen LogP contribution in [0.4, 0.5) is 0 Å². The highest BCUT2D eigenvalue weighted by atomic mass is 35.5. The maximum absolute atomic E-state index is 12.0. The van der Waals surface area contributed by atoms with Crippen molar-refractivity contribution in [1.82, 2.24) is 0 Å². The summed E-state index contributed by atoms with van der Waals surface area (Å²) in [4.78, 5) is 12.0. The van der Waals surface area contributed by atoms with Crippen molar-refractivity contribution in [1.29, 1.82) is 0 Å². The first-order valence-electron chi connectivity index (χ1n) is 6.09. The standard InChI is InChI=1S/C16H13ClO/c1-10-9-15-13(3-2-4-14(15)16(10)18)11-5-7-12(17)8-6-11/h2-8,10H,9H2,1H3. The molecule has 0 N–H and O–H groups in total. The molecular weight excluding hydrogens is 244 g/mol. The zero-order chi connectivity index (χ0) is 12.7. The van der Waals surface area contributed by atoms with Crippen molar-refractivity contribution in [3.63, 3.8) is 0 Å². The van der Waals surface area contributed by atoms with Crippen molar-refractivity contribution in [3.8, 4) is 11.1 Å². The monoisotopic (exact) mass is 256 g/mol.